The number of hydrogen-bond donors (Lipinski definition) is 1. The molecule has 3 rings (SSSR count). The van der Waals surface area contributed by atoms with Crippen molar-refractivity contribution in [2.24, 2.45) is 17.8 Å². The molecular formula is C15H17ClFNO. The fourth-order valence-electron chi connectivity index (χ4n) is 3.67. The van der Waals surface area contributed by atoms with E-state index in [1.165, 1.54) is 25.3 Å². The van der Waals surface area contributed by atoms with E-state index in [0.717, 1.165) is 12.3 Å². The number of benzene rings is 1. The second-order valence-corrected chi connectivity index (χ2v) is 6.20. The number of anilines is 1. The first-order valence-corrected chi connectivity index (χ1v) is 7.25. The van der Waals surface area contributed by atoms with E-state index in [9.17, 15) is 9.18 Å². The summed E-state index contributed by atoms with van der Waals surface area (Å²) in [5, 5.41) is 2.68. The van der Waals surface area contributed by atoms with Gasteiger partial charge in [0.05, 0.1) is 10.7 Å². The number of nitrogens with one attached hydrogen (secondary N) is 1. The molecule has 3 atom stereocenters. The van der Waals surface area contributed by atoms with Crippen molar-refractivity contribution in [2.45, 2.75) is 32.1 Å². The normalized spacial score (nSPS) is 28.6. The number of halogens is 2. The summed E-state index contributed by atoms with van der Waals surface area (Å²) in [6.07, 6.45) is 5.53. The van der Waals surface area contributed by atoms with Gasteiger partial charge in [-0.05, 0) is 49.1 Å². The van der Waals surface area contributed by atoms with E-state index in [-0.39, 0.29) is 16.6 Å². The average molecular weight is 282 g/mol. The minimum atomic E-state index is -0.551. The van der Waals surface area contributed by atoms with E-state index in [0.29, 0.717) is 18.3 Å². The maximum atomic E-state index is 13.7. The molecule has 1 N–H and O–H groups in total. The van der Waals surface area contributed by atoms with Gasteiger partial charge in [-0.15, -0.1) is 0 Å². The van der Waals surface area contributed by atoms with Crippen molar-refractivity contribution >= 4 is 23.2 Å². The van der Waals surface area contributed by atoms with Crippen LogP contribution in [0, 0.1) is 23.6 Å². The Morgan fingerprint density at radius 2 is 2.21 bits per heavy atom. The molecule has 2 aliphatic rings. The van der Waals surface area contributed by atoms with E-state index in [1.54, 1.807) is 12.1 Å². The zero-order valence-electron chi connectivity index (χ0n) is 10.7. The van der Waals surface area contributed by atoms with Gasteiger partial charge in [0.2, 0.25) is 5.91 Å². The number of fused-ring (bicyclic) bond motifs is 2. The third-order valence-electron chi connectivity index (χ3n) is 4.56. The fraction of sp³-hybridized carbons (Fsp3) is 0.533. The highest BCUT2D eigenvalue weighted by Crippen LogP contribution is 2.49. The molecule has 2 fully saturated rings. The van der Waals surface area contributed by atoms with Crippen LogP contribution in [0.1, 0.15) is 32.1 Å². The lowest BCUT2D eigenvalue weighted by Gasteiger charge is -2.21. The number of carbonyl (C=O) groups excluding carboxylic acids is 1. The zero-order valence-corrected chi connectivity index (χ0v) is 11.4. The predicted octanol–water partition coefficient (Wildman–Crippen LogP) is 4.24. The van der Waals surface area contributed by atoms with Gasteiger partial charge in [-0.2, -0.15) is 0 Å². The lowest BCUT2D eigenvalue weighted by molar-refractivity contribution is -0.117. The third-order valence-corrected chi connectivity index (χ3v) is 4.85. The van der Waals surface area contributed by atoms with Crippen molar-refractivity contribution in [2.75, 3.05) is 5.32 Å². The summed E-state index contributed by atoms with van der Waals surface area (Å²) in [5.41, 5.74) is 0.181. The molecule has 19 heavy (non-hydrogen) atoms. The Morgan fingerprint density at radius 1 is 1.37 bits per heavy atom. The van der Waals surface area contributed by atoms with Gasteiger partial charge in [0, 0.05) is 6.42 Å². The quantitative estimate of drug-likeness (QED) is 0.882. The van der Waals surface area contributed by atoms with E-state index >= 15 is 0 Å². The largest absolute Gasteiger partial charge is 0.324 e. The molecule has 2 bridgehead atoms. The van der Waals surface area contributed by atoms with Crippen molar-refractivity contribution in [1.29, 1.82) is 0 Å². The lowest BCUT2D eigenvalue weighted by Crippen LogP contribution is -2.20. The standard InChI is InChI=1S/C15H17ClFNO/c16-12-2-1-3-13(15(12)17)18-14(19)8-11-7-9-4-5-10(11)6-9/h1-3,9-11H,4-8H2,(H,18,19)/t9-,10+,11+/m0/s1. The van der Waals surface area contributed by atoms with Crippen molar-refractivity contribution in [3.63, 3.8) is 0 Å². The average Bonchev–Trinajstić information content (AvgIpc) is 2.97. The molecule has 0 radical (unpaired) electrons. The van der Waals surface area contributed by atoms with Crippen molar-refractivity contribution in [3.8, 4) is 0 Å². The van der Waals surface area contributed by atoms with Crippen LogP contribution in [0.25, 0.3) is 0 Å². The van der Waals surface area contributed by atoms with Crippen LogP contribution in [-0.4, -0.2) is 5.91 Å². The summed E-state index contributed by atoms with van der Waals surface area (Å²) in [4.78, 5) is 12.0. The summed E-state index contributed by atoms with van der Waals surface area (Å²) in [6.45, 7) is 0. The first kappa shape index (κ1) is 12.9. The molecule has 0 spiro atoms. The molecular weight excluding hydrogens is 265 g/mol. The Hall–Kier alpha value is -1.09. The van der Waals surface area contributed by atoms with Gasteiger partial charge < -0.3 is 5.32 Å². The van der Waals surface area contributed by atoms with Crippen LogP contribution in [0.5, 0.6) is 0 Å². The van der Waals surface area contributed by atoms with Gasteiger partial charge >= 0.3 is 0 Å². The van der Waals surface area contributed by atoms with Crippen LogP contribution in [0.15, 0.2) is 18.2 Å². The lowest BCUT2D eigenvalue weighted by atomic mass is 9.86. The number of amides is 1. The summed E-state index contributed by atoms with van der Waals surface area (Å²) in [6, 6.07) is 4.65. The zero-order chi connectivity index (χ0) is 13.4. The number of rotatable bonds is 3. The van der Waals surface area contributed by atoms with Crippen molar-refractivity contribution in [1.82, 2.24) is 0 Å². The van der Waals surface area contributed by atoms with E-state index in [1.807, 2.05) is 0 Å². The molecule has 2 aliphatic carbocycles. The van der Waals surface area contributed by atoms with Crippen LogP contribution >= 0.6 is 11.6 Å². The monoisotopic (exact) mass is 281 g/mol. The molecule has 2 saturated carbocycles. The molecule has 102 valence electrons. The van der Waals surface area contributed by atoms with Gasteiger partial charge in [0.25, 0.3) is 0 Å². The predicted molar refractivity (Wildman–Crippen MR) is 73.6 cm³/mol. The number of carbonyl (C=O) groups is 1. The van der Waals surface area contributed by atoms with E-state index < -0.39 is 5.82 Å². The van der Waals surface area contributed by atoms with E-state index in [2.05, 4.69) is 5.32 Å². The second kappa shape index (κ2) is 5.12. The molecule has 1 aromatic carbocycles. The van der Waals surface area contributed by atoms with Crippen LogP contribution < -0.4 is 5.32 Å². The summed E-state index contributed by atoms with van der Waals surface area (Å²) in [5.74, 6) is 1.37. The molecule has 0 aliphatic heterocycles. The smallest absolute Gasteiger partial charge is 0.224 e. The van der Waals surface area contributed by atoms with Crippen LogP contribution in [-0.2, 0) is 4.79 Å². The first-order valence-electron chi connectivity index (χ1n) is 6.87. The Kier molecular flexibility index (Phi) is 3.48. The maximum absolute atomic E-state index is 13.7. The minimum absolute atomic E-state index is 0.0396. The Morgan fingerprint density at radius 3 is 2.89 bits per heavy atom. The molecule has 0 heterocycles. The Balaban J connectivity index is 1.61. The van der Waals surface area contributed by atoms with Crippen LogP contribution in [0.4, 0.5) is 10.1 Å². The van der Waals surface area contributed by atoms with Gasteiger partial charge in [0.1, 0.15) is 0 Å². The Bertz CT molecular complexity index is 505. The molecule has 4 heteroatoms. The SMILES string of the molecule is O=C(C[C@H]1C[C@H]2CC[C@@H]1C2)Nc1cccc(Cl)c1F. The highest BCUT2D eigenvalue weighted by Gasteiger charge is 2.40. The van der Waals surface area contributed by atoms with Gasteiger partial charge in [-0.1, -0.05) is 24.1 Å². The molecule has 0 aromatic heterocycles. The highest BCUT2D eigenvalue weighted by molar-refractivity contribution is 6.31. The van der Waals surface area contributed by atoms with Crippen LogP contribution in [0.3, 0.4) is 0 Å². The molecule has 0 unspecified atom stereocenters. The summed E-state index contributed by atoms with van der Waals surface area (Å²) < 4.78 is 13.7. The van der Waals surface area contributed by atoms with Gasteiger partial charge in [0.15, 0.2) is 5.82 Å². The highest BCUT2D eigenvalue weighted by atomic mass is 35.5. The van der Waals surface area contributed by atoms with Crippen molar-refractivity contribution < 1.29 is 9.18 Å². The topological polar surface area (TPSA) is 29.1 Å². The van der Waals surface area contributed by atoms with E-state index in [4.69, 9.17) is 11.6 Å². The van der Waals surface area contributed by atoms with Gasteiger partial charge in [-0.25, -0.2) is 4.39 Å². The maximum Gasteiger partial charge on any atom is 0.224 e. The number of hydrogen-bond acceptors (Lipinski definition) is 1. The third kappa shape index (κ3) is 2.62. The molecule has 1 aromatic rings. The Labute approximate surface area is 117 Å². The van der Waals surface area contributed by atoms with Crippen LogP contribution in [0.2, 0.25) is 5.02 Å². The second-order valence-electron chi connectivity index (χ2n) is 5.79. The fourth-order valence-corrected chi connectivity index (χ4v) is 3.84. The molecule has 1 amide bonds. The molecule has 2 nitrogen and oxygen atoms in total. The minimum Gasteiger partial charge on any atom is -0.324 e. The van der Waals surface area contributed by atoms with Crippen molar-refractivity contribution in [3.05, 3.63) is 29.0 Å². The summed E-state index contributed by atoms with van der Waals surface area (Å²) >= 11 is 5.69. The summed E-state index contributed by atoms with van der Waals surface area (Å²) in [7, 11) is 0. The first-order chi connectivity index (χ1) is 9.13. The van der Waals surface area contributed by atoms with Gasteiger partial charge in [-0.3, -0.25) is 4.79 Å². The molecule has 0 saturated heterocycles.